The van der Waals surface area contributed by atoms with Crippen LogP contribution in [0.25, 0.3) is 0 Å². The Morgan fingerprint density at radius 2 is 1.87 bits per heavy atom. The summed E-state index contributed by atoms with van der Waals surface area (Å²) in [5.74, 6) is 0. The third-order valence-electron chi connectivity index (χ3n) is 2.40. The van der Waals surface area contributed by atoms with Gasteiger partial charge < -0.3 is 5.32 Å². The predicted octanol–water partition coefficient (Wildman–Crippen LogP) is 3.29. The van der Waals surface area contributed by atoms with E-state index in [2.05, 4.69) is 52.2 Å². The van der Waals surface area contributed by atoms with Crippen LogP contribution in [0.4, 0.5) is 0 Å². The number of hydrogen-bond acceptors (Lipinski definition) is 3. The quantitative estimate of drug-likeness (QED) is 0.855. The lowest BCUT2D eigenvalue weighted by Crippen LogP contribution is -2.36. The average molecular weight is 226 g/mol. The standard InChI is InChI=1S/C12H22N2S/c1-7-13-12(5,6)9-8-15-10(14-9)11(2,3)4/h8,13H,7H2,1-6H3. The summed E-state index contributed by atoms with van der Waals surface area (Å²) in [6.07, 6.45) is 0. The third kappa shape index (κ3) is 3.02. The maximum Gasteiger partial charge on any atom is 0.0982 e. The van der Waals surface area contributed by atoms with Gasteiger partial charge >= 0.3 is 0 Å². The lowest BCUT2D eigenvalue weighted by molar-refractivity contribution is 0.403. The molecule has 0 radical (unpaired) electrons. The largest absolute Gasteiger partial charge is 0.307 e. The zero-order valence-electron chi connectivity index (χ0n) is 10.6. The van der Waals surface area contributed by atoms with Gasteiger partial charge in [-0.2, -0.15) is 0 Å². The average Bonchev–Trinajstić information content (AvgIpc) is 2.50. The molecular formula is C12H22N2S. The number of thiazole rings is 1. The fourth-order valence-corrected chi connectivity index (χ4v) is 2.51. The van der Waals surface area contributed by atoms with Crippen molar-refractivity contribution < 1.29 is 0 Å². The molecule has 0 aliphatic carbocycles. The summed E-state index contributed by atoms with van der Waals surface area (Å²) in [5, 5.41) is 6.83. The van der Waals surface area contributed by atoms with Crippen molar-refractivity contribution in [3.05, 3.63) is 16.1 Å². The normalized spacial score (nSPS) is 13.2. The molecule has 0 aromatic carbocycles. The smallest absolute Gasteiger partial charge is 0.0982 e. The minimum atomic E-state index is -0.0191. The Labute approximate surface area is 97.1 Å². The van der Waals surface area contributed by atoms with E-state index in [0.717, 1.165) is 12.2 Å². The van der Waals surface area contributed by atoms with Gasteiger partial charge in [0.25, 0.3) is 0 Å². The third-order valence-corrected chi connectivity index (χ3v) is 3.67. The first-order valence-corrected chi connectivity index (χ1v) is 6.37. The van der Waals surface area contributed by atoms with Crippen molar-refractivity contribution in [3.63, 3.8) is 0 Å². The fraction of sp³-hybridized carbons (Fsp3) is 0.750. The molecule has 1 rings (SSSR count). The highest BCUT2D eigenvalue weighted by atomic mass is 32.1. The summed E-state index contributed by atoms with van der Waals surface area (Å²) in [6.45, 7) is 14.1. The van der Waals surface area contributed by atoms with Crippen LogP contribution in [-0.4, -0.2) is 11.5 Å². The van der Waals surface area contributed by atoms with E-state index < -0.39 is 0 Å². The summed E-state index contributed by atoms with van der Waals surface area (Å²) < 4.78 is 0. The summed E-state index contributed by atoms with van der Waals surface area (Å²) in [7, 11) is 0. The molecule has 0 saturated heterocycles. The predicted molar refractivity (Wildman–Crippen MR) is 67.5 cm³/mol. The number of nitrogens with zero attached hydrogens (tertiary/aromatic N) is 1. The summed E-state index contributed by atoms with van der Waals surface area (Å²) in [5.41, 5.74) is 1.29. The van der Waals surface area contributed by atoms with Gasteiger partial charge in [-0.05, 0) is 20.4 Å². The highest BCUT2D eigenvalue weighted by molar-refractivity contribution is 7.09. The van der Waals surface area contributed by atoms with Crippen LogP contribution in [0, 0.1) is 0 Å². The molecule has 1 aromatic rings. The zero-order valence-corrected chi connectivity index (χ0v) is 11.5. The second kappa shape index (κ2) is 4.22. The Hall–Kier alpha value is -0.410. The van der Waals surface area contributed by atoms with Crippen molar-refractivity contribution in [2.75, 3.05) is 6.54 Å². The van der Waals surface area contributed by atoms with Crippen LogP contribution in [0.3, 0.4) is 0 Å². The fourth-order valence-electron chi connectivity index (χ4n) is 1.44. The minimum Gasteiger partial charge on any atom is -0.307 e. The van der Waals surface area contributed by atoms with Crippen LogP contribution in [0.2, 0.25) is 0 Å². The molecule has 0 aliphatic rings. The van der Waals surface area contributed by atoms with Crippen LogP contribution in [0.15, 0.2) is 5.38 Å². The first-order valence-electron chi connectivity index (χ1n) is 5.49. The summed E-state index contributed by atoms with van der Waals surface area (Å²) in [4.78, 5) is 4.73. The molecule has 3 heteroatoms. The Balaban J connectivity index is 2.94. The molecule has 15 heavy (non-hydrogen) atoms. The van der Waals surface area contributed by atoms with E-state index in [1.165, 1.54) is 5.01 Å². The van der Waals surface area contributed by atoms with Gasteiger partial charge in [-0.3, -0.25) is 0 Å². The van der Waals surface area contributed by atoms with E-state index >= 15 is 0 Å². The highest BCUT2D eigenvalue weighted by Gasteiger charge is 2.25. The number of hydrogen-bond donors (Lipinski definition) is 1. The maximum atomic E-state index is 4.73. The van der Waals surface area contributed by atoms with Crippen LogP contribution < -0.4 is 5.32 Å². The van der Waals surface area contributed by atoms with Crippen LogP contribution in [0.1, 0.15) is 52.2 Å². The lowest BCUT2D eigenvalue weighted by Gasteiger charge is -2.23. The van der Waals surface area contributed by atoms with Gasteiger partial charge in [-0.15, -0.1) is 11.3 Å². The van der Waals surface area contributed by atoms with Crippen molar-refractivity contribution in [3.8, 4) is 0 Å². The topological polar surface area (TPSA) is 24.9 Å². The minimum absolute atomic E-state index is 0.0191. The van der Waals surface area contributed by atoms with E-state index in [9.17, 15) is 0 Å². The molecule has 0 unspecified atom stereocenters. The molecule has 2 nitrogen and oxygen atoms in total. The first kappa shape index (κ1) is 12.7. The van der Waals surface area contributed by atoms with E-state index in [0.29, 0.717) is 0 Å². The van der Waals surface area contributed by atoms with Gasteiger partial charge in [0.05, 0.1) is 16.2 Å². The Bertz CT molecular complexity index is 321. The summed E-state index contributed by atoms with van der Waals surface area (Å²) in [6, 6.07) is 0. The number of aromatic nitrogens is 1. The number of rotatable bonds is 3. The summed E-state index contributed by atoms with van der Waals surface area (Å²) >= 11 is 1.76. The molecule has 1 aromatic heterocycles. The van der Waals surface area contributed by atoms with Crippen molar-refractivity contribution in [2.24, 2.45) is 0 Å². The molecule has 0 atom stereocenters. The van der Waals surface area contributed by atoms with E-state index in [1.807, 2.05) is 0 Å². The van der Waals surface area contributed by atoms with Crippen molar-refractivity contribution in [2.45, 2.75) is 52.5 Å². The van der Waals surface area contributed by atoms with Crippen LogP contribution >= 0.6 is 11.3 Å². The van der Waals surface area contributed by atoms with Gasteiger partial charge in [0.1, 0.15) is 0 Å². The first-order chi connectivity index (χ1) is 6.77. The van der Waals surface area contributed by atoms with Gasteiger partial charge in [-0.1, -0.05) is 27.7 Å². The lowest BCUT2D eigenvalue weighted by atomic mass is 9.97. The second-order valence-electron chi connectivity index (χ2n) is 5.44. The Kier molecular flexibility index (Phi) is 3.56. The molecule has 1 N–H and O–H groups in total. The van der Waals surface area contributed by atoms with E-state index in [4.69, 9.17) is 4.98 Å². The second-order valence-corrected chi connectivity index (χ2v) is 6.30. The SMILES string of the molecule is CCNC(C)(C)c1csc(C(C)(C)C)n1. The molecule has 0 fully saturated rings. The Morgan fingerprint density at radius 3 is 2.27 bits per heavy atom. The molecule has 1 heterocycles. The van der Waals surface area contributed by atoms with Gasteiger partial charge in [0, 0.05) is 10.8 Å². The molecule has 0 bridgehead atoms. The maximum absolute atomic E-state index is 4.73. The van der Waals surface area contributed by atoms with Gasteiger partial charge in [-0.25, -0.2) is 4.98 Å². The van der Waals surface area contributed by atoms with Crippen molar-refractivity contribution >= 4 is 11.3 Å². The zero-order chi connectivity index (χ0) is 11.7. The molecular weight excluding hydrogens is 204 g/mol. The van der Waals surface area contributed by atoms with Gasteiger partial charge in [0.15, 0.2) is 0 Å². The van der Waals surface area contributed by atoms with Crippen molar-refractivity contribution in [1.29, 1.82) is 0 Å². The molecule has 0 spiro atoms. The Morgan fingerprint density at radius 1 is 1.27 bits per heavy atom. The van der Waals surface area contributed by atoms with E-state index in [-0.39, 0.29) is 11.0 Å². The van der Waals surface area contributed by atoms with E-state index in [1.54, 1.807) is 11.3 Å². The number of nitrogens with one attached hydrogen (secondary N) is 1. The molecule has 0 saturated carbocycles. The monoisotopic (exact) mass is 226 g/mol. The van der Waals surface area contributed by atoms with Crippen molar-refractivity contribution in [1.82, 2.24) is 10.3 Å². The molecule has 86 valence electrons. The molecule has 0 amide bonds. The molecule has 0 aliphatic heterocycles. The van der Waals surface area contributed by atoms with Crippen LogP contribution in [0.5, 0.6) is 0 Å². The van der Waals surface area contributed by atoms with Gasteiger partial charge in [0.2, 0.25) is 0 Å². The highest BCUT2D eigenvalue weighted by Crippen LogP contribution is 2.29. The van der Waals surface area contributed by atoms with Crippen LogP contribution in [-0.2, 0) is 11.0 Å².